The number of aromatic nitrogens is 1. The summed E-state index contributed by atoms with van der Waals surface area (Å²) >= 11 is 0. The zero-order valence-corrected chi connectivity index (χ0v) is 7.25. The number of fused-ring (bicyclic) bond motifs is 2. The molecule has 0 atom stereocenters. The first-order valence-corrected chi connectivity index (χ1v) is 4.55. The van der Waals surface area contributed by atoms with Gasteiger partial charge in [0.25, 0.3) is 0 Å². The van der Waals surface area contributed by atoms with E-state index in [0.717, 1.165) is 18.5 Å². The second-order valence-corrected chi connectivity index (χ2v) is 3.38. The second-order valence-electron chi connectivity index (χ2n) is 3.38. The number of pyridine rings is 1. The van der Waals surface area contributed by atoms with E-state index in [4.69, 9.17) is 0 Å². The first-order chi connectivity index (χ1) is 6.43. The molecule has 0 amide bonds. The summed E-state index contributed by atoms with van der Waals surface area (Å²) in [6.45, 7) is 1.06. The Labute approximate surface area is 76.6 Å². The third-order valence-electron chi connectivity index (χ3n) is 2.54. The minimum Gasteiger partial charge on any atom is -0.384 e. The standard InChI is InChI=1S/C11H10N2/c1-2-8-6-11-9(3-5-13-11)7-10(8)12-4-1/h1-2,4,6-7,13H,3,5H2. The van der Waals surface area contributed by atoms with Crippen molar-refractivity contribution in [1.29, 1.82) is 0 Å². The van der Waals surface area contributed by atoms with E-state index in [0.29, 0.717) is 0 Å². The van der Waals surface area contributed by atoms with Gasteiger partial charge in [-0.3, -0.25) is 4.98 Å². The number of rotatable bonds is 0. The highest BCUT2D eigenvalue weighted by Crippen LogP contribution is 2.26. The van der Waals surface area contributed by atoms with Gasteiger partial charge in [-0.2, -0.15) is 0 Å². The summed E-state index contributed by atoms with van der Waals surface area (Å²) in [5, 5.41) is 4.58. The maximum absolute atomic E-state index is 4.33. The summed E-state index contributed by atoms with van der Waals surface area (Å²) < 4.78 is 0. The van der Waals surface area contributed by atoms with Crippen LogP contribution in [-0.4, -0.2) is 11.5 Å². The lowest BCUT2D eigenvalue weighted by Gasteiger charge is -2.01. The Kier molecular flexibility index (Phi) is 1.30. The molecule has 0 fully saturated rings. The minimum absolute atomic E-state index is 1.06. The molecular formula is C11H10N2. The molecule has 0 spiro atoms. The van der Waals surface area contributed by atoms with Crippen molar-refractivity contribution in [2.75, 3.05) is 11.9 Å². The molecule has 1 aliphatic heterocycles. The van der Waals surface area contributed by atoms with Gasteiger partial charge in [0, 0.05) is 23.8 Å². The largest absolute Gasteiger partial charge is 0.384 e. The second kappa shape index (κ2) is 2.46. The van der Waals surface area contributed by atoms with Crippen LogP contribution in [0, 0.1) is 0 Å². The Morgan fingerprint density at radius 2 is 2.31 bits per heavy atom. The summed E-state index contributed by atoms with van der Waals surface area (Å²) in [4.78, 5) is 4.33. The number of nitrogens with one attached hydrogen (secondary N) is 1. The molecule has 1 aromatic carbocycles. The summed E-state index contributed by atoms with van der Waals surface area (Å²) in [6, 6.07) is 8.45. The fourth-order valence-electron chi connectivity index (χ4n) is 1.87. The molecule has 1 N–H and O–H groups in total. The molecule has 0 unspecified atom stereocenters. The van der Waals surface area contributed by atoms with Crippen molar-refractivity contribution in [2.24, 2.45) is 0 Å². The van der Waals surface area contributed by atoms with Crippen molar-refractivity contribution in [2.45, 2.75) is 6.42 Å². The lowest BCUT2D eigenvalue weighted by atomic mass is 10.1. The predicted octanol–water partition coefficient (Wildman–Crippen LogP) is 2.20. The van der Waals surface area contributed by atoms with Crippen molar-refractivity contribution in [1.82, 2.24) is 4.98 Å². The van der Waals surface area contributed by atoms with E-state index in [1.54, 1.807) is 0 Å². The van der Waals surface area contributed by atoms with E-state index in [-0.39, 0.29) is 0 Å². The summed E-state index contributed by atoms with van der Waals surface area (Å²) in [5.74, 6) is 0. The Hall–Kier alpha value is -1.57. The maximum Gasteiger partial charge on any atom is 0.0706 e. The van der Waals surface area contributed by atoms with Crippen LogP contribution in [0.5, 0.6) is 0 Å². The molecule has 0 radical (unpaired) electrons. The van der Waals surface area contributed by atoms with Gasteiger partial charge in [0.2, 0.25) is 0 Å². The highest BCUT2D eigenvalue weighted by molar-refractivity contribution is 5.84. The van der Waals surface area contributed by atoms with Gasteiger partial charge in [0.15, 0.2) is 0 Å². The Morgan fingerprint density at radius 3 is 3.31 bits per heavy atom. The highest BCUT2D eigenvalue weighted by Gasteiger charge is 2.10. The zero-order chi connectivity index (χ0) is 8.67. The molecule has 3 rings (SSSR count). The molecule has 2 aromatic rings. The van der Waals surface area contributed by atoms with Crippen LogP contribution in [-0.2, 0) is 6.42 Å². The van der Waals surface area contributed by atoms with E-state index in [9.17, 15) is 0 Å². The molecule has 2 heterocycles. The van der Waals surface area contributed by atoms with Crippen molar-refractivity contribution in [3.05, 3.63) is 36.0 Å². The van der Waals surface area contributed by atoms with Gasteiger partial charge in [-0.15, -0.1) is 0 Å². The van der Waals surface area contributed by atoms with Gasteiger partial charge in [0.1, 0.15) is 0 Å². The Morgan fingerprint density at radius 1 is 1.31 bits per heavy atom. The van der Waals surface area contributed by atoms with Crippen LogP contribution in [0.2, 0.25) is 0 Å². The van der Waals surface area contributed by atoms with Crippen LogP contribution < -0.4 is 5.32 Å². The number of hydrogen-bond acceptors (Lipinski definition) is 2. The van der Waals surface area contributed by atoms with E-state index < -0.39 is 0 Å². The van der Waals surface area contributed by atoms with Crippen LogP contribution in [0.25, 0.3) is 10.9 Å². The quantitative estimate of drug-likeness (QED) is 0.655. The number of hydrogen-bond donors (Lipinski definition) is 1. The highest BCUT2D eigenvalue weighted by atomic mass is 14.9. The Balaban J connectivity index is 2.36. The summed E-state index contributed by atoms with van der Waals surface area (Å²) in [7, 11) is 0. The normalized spacial score (nSPS) is 14.2. The molecule has 13 heavy (non-hydrogen) atoms. The molecular weight excluding hydrogens is 160 g/mol. The van der Waals surface area contributed by atoms with E-state index in [1.807, 2.05) is 12.3 Å². The van der Waals surface area contributed by atoms with Gasteiger partial charge < -0.3 is 5.32 Å². The minimum atomic E-state index is 1.06. The first kappa shape index (κ1) is 6.89. The molecule has 0 saturated heterocycles. The van der Waals surface area contributed by atoms with Crippen LogP contribution in [0.4, 0.5) is 5.69 Å². The monoisotopic (exact) mass is 170 g/mol. The van der Waals surface area contributed by atoms with Crippen molar-refractivity contribution in [3.63, 3.8) is 0 Å². The van der Waals surface area contributed by atoms with Crippen LogP contribution >= 0.6 is 0 Å². The fourth-order valence-corrected chi connectivity index (χ4v) is 1.87. The van der Waals surface area contributed by atoms with Crippen LogP contribution in [0.1, 0.15) is 5.56 Å². The molecule has 0 saturated carbocycles. The molecule has 2 heteroatoms. The number of nitrogens with zero attached hydrogens (tertiary/aromatic N) is 1. The molecule has 2 nitrogen and oxygen atoms in total. The van der Waals surface area contributed by atoms with Gasteiger partial charge >= 0.3 is 0 Å². The first-order valence-electron chi connectivity index (χ1n) is 4.55. The lowest BCUT2D eigenvalue weighted by Crippen LogP contribution is -1.90. The average Bonchev–Trinajstić information content (AvgIpc) is 2.61. The summed E-state index contributed by atoms with van der Waals surface area (Å²) in [6.07, 6.45) is 2.97. The third kappa shape index (κ3) is 0.985. The molecule has 1 aromatic heterocycles. The van der Waals surface area contributed by atoms with Gasteiger partial charge in [-0.25, -0.2) is 0 Å². The van der Waals surface area contributed by atoms with E-state index in [1.165, 1.54) is 16.6 Å². The zero-order valence-electron chi connectivity index (χ0n) is 7.25. The lowest BCUT2D eigenvalue weighted by molar-refractivity contribution is 1.11. The smallest absolute Gasteiger partial charge is 0.0706 e. The number of benzene rings is 1. The SMILES string of the molecule is c1cnc2cc3c(cc2c1)NCC3. The summed E-state index contributed by atoms with van der Waals surface area (Å²) in [5.41, 5.74) is 3.77. The predicted molar refractivity (Wildman–Crippen MR) is 53.9 cm³/mol. The molecule has 1 aliphatic rings. The topological polar surface area (TPSA) is 24.9 Å². The van der Waals surface area contributed by atoms with Gasteiger partial charge in [-0.05, 0) is 30.2 Å². The molecule has 0 aliphatic carbocycles. The molecule has 0 bridgehead atoms. The molecule has 64 valence electrons. The maximum atomic E-state index is 4.33. The van der Waals surface area contributed by atoms with E-state index in [2.05, 4.69) is 28.5 Å². The third-order valence-corrected chi connectivity index (χ3v) is 2.54. The Bertz CT molecular complexity index is 420. The van der Waals surface area contributed by atoms with E-state index >= 15 is 0 Å². The van der Waals surface area contributed by atoms with Crippen molar-refractivity contribution < 1.29 is 0 Å². The van der Waals surface area contributed by atoms with Crippen LogP contribution in [0.15, 0.2) is 30.5 Å². The average molecular weight is 170 g/mol. The number of anilines is 1. The van der Waals surface area contributed by atoms with Crippen molar-refractivity contribution in [3.8, 4) is 0 Å². The van der Waals surface area contributed by atoms with Gasteiger partial charge in [-0.1, -0.05) is 6.07 Å². The van der Waals surface area contributed by atoms with Gasteiger partial charge in [0.05, 0.1) is 5.52 Å². The van der Waals surface area contributed by atoms with Crippen molar-refractivity contribution >= 4 is 16.6 Å². The van der Waals surface area contributed by atoms with Crippen LogP contribution in [0.3, 0.4) is 0 Å². The fraction of sp³-hybridized carbons (Fsp3) is 0.182.